The maximum absolute atomic E-state index is 13.5. The lowest BCUT2D eigenvalue weighted by Crippen LogP contribution is -2.57. The lowest BCUT2D eigenvalue weighted by Gasteiger charge is -2.45. The number of carbonyl (C=O) groups excluding carboxylic acids is 2. The molecule has 184 valence electrons. The van der Waals surface area contributed by atoms with E-state index in [0.717, 1.165) is 0 Å². The molecule has 0 heterocycles. The van der Waals surface area contributed by atoms with Gasteiger partial charge < -0.3 is 13.3 Å². The fourth-order valence-corrected chi connectivity index (χ4v) is 5.63. The average Bonchev–Trinajstić information content (AvgIpc) is 2.40. The van der Waals surface area contributed by atoms with E-state index in [2.05, 4.69) is 75.4 Å². The minimum absolute atomic E-state index is 0.110. The van der Waals surface area contributed by atoms with Crippen LogP contribution >= 0.6 is 0 Å². The van der Waals surface area contributed by atoms with E-state index in [1.165, 1.54) is 0 Å². The van der Waals surface area contributed by atoms with Crippen LogP contribution in [0.3, 0.4) is 0 Å². The van der Waals surface area contributed by atoms with Gasteiger partial charge in [0.1, 0.15) is 0 Å². The van der Waals surface area contributed by atoms with Gasteiger partial charge in [-0.15, -0.1) is 0 Å². The summed E-state index contributed by atoms with van der Waals surface area (Å²) in [7, 11) is -7.06. The van der Waals surface area contributed by atoms with Crippen molar-refractivity contribution in [2.24, 2.45) is 0 Å². The smallest absolute Gasteiger partial charge is 0.324 e. The lowest BCUT2D eigenvalue weighted by molar-refractivity contribution is -0.159. The van der Waals surface area contributed by atoms with E-state index in [9.17, 15) is 9.59 Å². The van der Waals surface area contributed by atoms with Crippen molar-refractivity contribution in [1.29, 1.82) is 0 Å². The van der Waals surface area contributed by atoms with Crippen molar-refractivity contribution in [1.82, 2.24) is 0 Å². The minimum atomic E-state index is -2.38. The van der Waals surface area contributed by atoms with E-state index < -0.39 is 36.5 Å². The Balaban J connectivity index is 6.07. The van der Waals surface area contributed by atoms with Crippen LogP contribution in [0.5, 0.6) is 0 Å². The fraction of sp³-hybridized carbons (Fsp3) is 0.913. The van der Waals surface area contributed by atoms with Crippen molar-refractivity contribution in [3.05, 3.63) is 0 Å². The van der Waals surface area contributed by atoms with Gasteiger partial charge in [0.2, 0.25) is 0 Å². The summed E-state index contributed by atoms with van der Waals surface area (Å²) in [5.74, 6) is -0.837. The van der Waals surface area contributed by atoms with Crippen molar-refractivity contribution in [3.63, 3.8) is 0 Å². The van der Waals surface area contributed by atoms with Crippen LogP contribution in [-0.4, -0.2) is 42.5 Å². The van der Waals surface area contributed by atoms with Gasteiger partial charge in [0.25, 0.3) is 22.6 Å². The quantitative estimate of drug-likeness (QED) is 0.351. The monoisotopic (exact) mass is 490 g/mol. The SMILES string of the molecule is CC(CC(=O)O[Si](C)(C)C(C)(C)C)(O[Si](C)(C)C(C)(C)C)C(=O)O[Si](C)(C)C(C)(C)C. The molecule has 0 saturated heterocycles. The Morgan fingerprint density at radius 3 is 1.23 bits per heavy atom. The van der Waals surface area contributed by atoms with Gasteiger partial charge in [-0.05, 0) is 61.3 Å². The molecule has 0 aromatic heterocycles. The molecule has 0 aromatic carbocycles. The van der Waals surface area contributed by atoms with E-state index in [4.69, 9.17) is 13.3 Å². The summed E-state index contributed by atoms with van der Waals surface area (Å²) in [6.45, 7) is 32.9. The molecule has 0 spiro atoms. The van der Waals surface area contributed by atoms with Gasteiger partial charge in [-0.2, -0.15) is 0 Å². The summed E-state index contributed by atoms with van der Waals surface area (Å²) < 4.78 is 18.7. The average molecular weight is 491 g/mol. The number of hydrogen-bond acceptors (Lipinski definition) is 5. The maximum Gasteiger partial charge on any atom is 0.324 e. The van der Waals surface area contributed by atoms with Gasteiger partial charge in [-0.3, -0.25) is 9.59 Å². The van der Waals surface area contributed by atoms with Gasteiger partial charge in [-0.1, -0.05) is 62.3 Å². The molecule has 0 rings (SSSR count). The number of rotatable bonds is 7. The topological polar surface area (TPSA) is 61.8 Å². The van der Waals surface area contributed by atoms with Gasteiger partial charge in [0, 0.05) is 0 Å². The third kappa shape index (κ3) is 7.82. The third-order valence-electron chi connectivity index (χ3n) is 7.53. The molecule has 1 atom stereocenters. The molecule has 1 unspecified atom stereocenters. The van der Waals surface area contributed by atoms with Gasteiger partial charge in [-0.25, -0.2) is 0 Å². The highest BCUT2D eigenvalue weighted by molar-refractivity contribution is 6.76. The predicted octanol–water partition coefficient (Wildman–Crippen LogP) is 7.25. The Morgan fingerprint density at radius 2 is 0.903 bits per heavy atom. The summed E-state index contributed by atoms with van der Waals surface area (Å²) in [4.78, 5) is 26.6. The molecule has 0 aliphatic heterocycles. The van der Waals surface area contributed by atoms with Crippen LogP contribution in [0.15, 0.2) is 0 Å². The zero-order valence-electron chi connectivity index (χ0n) is 23.2. The fourth-order valence-electron chi connectivity index (χ4n) is 2.11. The van der Waals surface area contributed by atoms with Crippen LogP contribution in [0.1, 0.15) is 75.7 Å². The van der Waals surface area contributed by atoms with E-state index >= 15 is 0 Å². The first-order valence-corrected chi connectivity index (χ1v) is 20.1. The maximum atomic E-state index is 13.5. The first kappa shape index (κ1) is 30.6. The van der Waals surface area contributed by atoms with Crippen LogP contribution in [-0.2, 0) is 22.9 Å². The van der Waals surface area contributed by atoms with Gasteiger partial charge >= 0.3 is 5.97 Å². The van der Waals surface area contributed by atoms with Crippen LogP contribution in [0.2, 0.25) is 54.4 Å². The molecule has 0 amide bonds. The Hall–Kier alpha value is -0.449. The molecule has 0 radical (unpaired) electrons. The van der Waals surface area contributed by atoms with E-state index in [1.54, 1.807) is 6.92 Å². The van der Waals surface area contributed by atoms with Gasteiger partial charge in [0.15, 0.2) is 13.9 Å². The number of carbonyl (C=O) groups is 2. The first-order chi connectivity index (χ1) is 13.2. The van der Waals surface area contributed by atoms with Crippen LogP contribution in [0.25, 0.3) is 0 Å². The molecule has 0 fully saturated rings. The summed E-state index contributed by atoms with van der Waals surface area (Å²) in [5, 5.41) is -0.363. The molecule has 0 aromatic rings. The van der Waals surface area contributed by atoms with E-state index in [0.29, 0.717) is 0 Å². The molecule has 0 bridgehead atoms. The van der Waals surface area contributed by atoms with E-state index in [1.807, 2.05) is 26.2 Å². The third-order valence-corrected chi connectivity index (χ3v) is 20.8. The molecule has 5 nitrogen and oxygen atoms in total. The summed E-state index contributed by atoms with van der Waals surface area (Å²) in [6, 6.07) is 0. The Labute approximate surface area is 195 Å². The van der Waals surface area contributed by atoms with Crippen LogP contribution in [0, 0.1) is 0 Å². The largest absolute Gasteiger partial charge is 0.519 e. The normalized spacial score (nSPS) is 16.5. The molecular weight excluding hydrogens is 441 g/mol. The zero-order valence-corrected chi connectivity index (χ0v) is 26.2. The Bertz CT molecular complexity index is 664. The summed E-state index contributed by atoms with van der Waals surface area (Å²) >= 11 is 0. The second-order valence-corrected chi connectivity index (χ2v) is 27.8. The van der Waals surface area contributed by atoms with Crippen molar-refractivity contribution in [2.45, 2.75) is 136 Å². The highest BCUT2D eigenvalue weighted by atomic mass is 28.4. The lowest BCUT2D eigenvalue weighted by atomic mass is 10.0. The Morgan fingerprint density at radius 1 is 0.581 bits per heavy atom. The summed E-state index contributed by atoms with van der Waals surface area (Å²) in [6.07, 6.45) is -0.139. The van der Waals surface area contributed by atoms with Crippen LogP contribution in [0.4, 0.5) is 0 Å². The second-order valence-electron chi connectivity index (χ2n) is 13.7. The molecular formula is C23H50O5Si3. The van der Waals surface area contributed by atoms with Crippen molar-refractivity contribution in [3.8, 4) is 0 Å². The minimum Gasteiger partial charge on any atom is -0.519 e. The first-order valence-electron chi connectivity index (χ1n) is 11.3. The summed E-state index contributed by atoms with van der Waals surface area (Å²) in [5.41, 5.74) is -1.38. The molecule has 0 aliphatic rings. The van der Waals surface area contributed by atoms with Crippen molar-refractivity contribution < 1.29 is 22.9 Å². The highest BCUT2D eigenvalue weighted by Gasteiger charge is 2.52. The van der Waals surface area contributed by atoms with Gasteiger partial charge in [0.05, 0.1) is 6.42 Å². The highest BCUT2D eigenvalue weighted by Crippen LogP contribution is 2.43. The molecule has 31 heavy (non-hydrogen) atoms. The Kier molecular flexibility index (Phi) is 8.93. The molecule has 0 aliphatic carbocycles. The standard InChI is InChI=1S/C23H50O5Si3/c1-20(2,3)29(11,12)26-18(24)17-23(10,28-31(15,16)22(7,8)9)19(25)27-30(13,14)21(4,5)6/h17H2,1-16H3. The van der Waals surface area contributed by atoms with E-state index in [-0.39, 0.29) is 27.5 Å². The molecule has 0 N–H and O–H groups in total. The van der Waals surface area contributed by atoms with Crippen molar-refractivity contribution in [2.75, 3.05) is 0 Å². The molecule has 8 heteroatoms. The van der Waals surface area contributed by atoms with Crippen molar-refractivity contribution >= 4 is 36.9 Å². The predicted molar refractivity (Wildman–Crippen MR) is 138 cm³/mol. The second kappa shape index (κ2) is 9.06. The number of hydrogen-bond donors (Lipinski definition) is 0. The zero-order chi connectivity index (χ0) is 25.5. The van der Waals surface area contributed by atoms with Crippen LogP contribution < -0.4 is 0 Å². The molecule has 0 saturated carbocycles.